The van der Waals surface area contributed by atoms with Gasteiger partial charge >= 0.3 is 0 Å². The Kier molecular flexibility index (Phi) is 2.72. The largest absolute Gasteiger partial charge is 0.248 e. The van der Waals surface area contributed by atoms with E-state index in [1.54, 1.807) is 18.2 Å². The highest BCUT2D eigenvalue weighted by Crippen LogP contribution is 2.14. The zero-order valence-electron chi connectivity index (χ0n) is 8.05. The quantitative estimate of drug-likeness (QED) is 0.633. The van der Waals surface area contributed by atoms with Crippen LogP contribution in [-0.2, 0) is 4.79 Å². The van der Waals surface area contributed by atoms with Gasteiger partial charge in [0.25, 0.3) is 0 Å². The van der Waals surface area contributed by atoms with Crippen molar-refractivity contribution in [2.45, 2.75) is 0 Å². The van der Waals surface area contributed by atoms with Gasteiger partial charge in [-0.05, 0) is 24.3 Å². The van der Waals surface area contributed by atoms with Gasteiger partial charge in [0.1, 0.15) is 5.94 Å². The summed E-state index contributed by atoms with van der Waals surface area (Å²) in [4.78, 5) is 15.0. The Morgan fingerprint density at radius 2 is 1.73 bits per heavy atom. The highest BCUT2D eigenvalue weighted by molar-refractivity contribution is 6.17. The molecule has 0 spiro atoms. The number of allylic oxidation sites excluding steroid dienone is 5. The molecule has 0 bridgehead atoms. The highest BCUT2D eigenvalue weighted by Gasteiger charge is 2.04. The Labute approximate surface area is 88.0 Å². The van der Waals surface area contributed by atoms with Gasteiger partial charge in [-0.1, -0.05) is 30.4 Å². The number of para-hydroxylation sites is 1. The number of hydrogen-bond donors (Lipinski definition) is 0. The molecule has 1 aliphatic rings. The first-order valence-corrected chi connectivity index (χ1v) is 4.64. The van der Waals surface area contributed by atoms with Crippen LogP contribution < -0.4 is 0 Å². The van der Waals surface area contributed by atoms with E-state index in [1.807, 2.05) is 42.3 Å². The molecule has 15 heavy (non-hydrogen) atoms. The molecule has 0 N–H and O–H groups in total. The van der Waals surface area contributed by atoms with Crippen LogP contribution in [-0.4, -0.2) is 11.7 Å². The van der Waals surface area contributed by atoms with Crippen LogP contribution in [0.15, 0.2) is 65.2 Å². The van der Waals surface area contributed by atoms with E-state index in [4.69, 9.17) is 0 Å². The van der Waals surface area contributed by atoms with Crippen molar-refractivity contribution < 1.29 is 4.79 Å². The molecule has 0 amide bonds. The number of aliphatic imine (C=N–C) groups is 1. The van der Waals surface area contributed by atoms with Gasteiger partial charge in [-0.3, -0.25) is 0 Å². The molecule has 0 aliphatic heterocycles. The summed E-state index contributed by atoms with van der Waals surface area (Å²) in [6.45, 7) is 0. The molecule has 2 rings (SSSR count). The van der Waals surface area contributed by atoms with Crippen LogP contribution in [0.25, 0.3) is 0 Å². The summed E-state index contributed by atoms with van der Waals surface area (Å²) >= 11 is 0. The topological polar surface area (TPSA) is 29.4 Å². The van der Waals surface area contributed by atoms with Gasteiger partial charge in [0.15, 0.2) is 0 Å². The van der Waals surface area contributed by atoms with Crippen molar-refractivity contribution in [2.75, 3.05) is 0 Å². The lowest BCUT2D eigenvalue weighted by Crippen LogP contribution is -1.99. The van der Waals surface area contributed by atoms with Gasteiger partial charge in [0.2, 0.25) is 0 Å². The summed E-state index contributed by atoms with van der Waals surface area (Å²) < 4.78 is 0. The van der Waals surface area contributed by atoms with Crippen molar-refractivity contribution >= 4 is 17.3 Å². The van der Waals surface area contributed by atoms with Crippen LogP contribution in [0.5, 0.6) is 0 Å². The van der Waals surface area contributed by atoms with Crippen LogP contribution in [0.2, 0.25) is 0 Å². The van der Waals surface area contributed by atoms with E-state index in [9.17, 15) is 4.79 Å². The van der Waals surface area contributed by atoms with Gasteiger partial charge in [0.05, 0.1) is 17.0 Å². The van der Waals surface area contributed by atoms with Crippen LogP contribution in [0.4, 0.5) is 5.69 Å². The van der Waals surface area contributed by atoms with E-state index in [0.29, 0.717) is 11.3 Å². The Hall–Kier alpha value is -2.18. The Morgan fingerprint density at radius 1 is 1.00 bits per heavy atom. The summed E-state index contributed by atoms with van der Waals surface area (Å²) in [6, 6.07) is 9.53. The average molecular weight is 195 g/mol. The number of carbonyl (C=O) groups excluding carboxylic acids is 1. The van der Waals surface area contributed by atoms with Crippen LogP contribution in [0.3, 0.4) is 0 Å². The molecule has 1 aromatic rings. The maximum atomic E-state index is 10.6. The van der Waals surface area contributed by atoms with Crippen molar-refractivity contribution in [2.24, 2.45) is 4.99 Å². The first-order chi connectivity index (χ1) is 7.40. The second-order valence-corrected chi connectivity index (χ2v) is 3.07. The molecule has 0 saturated carbocycles. The zero-order valence-corrected chi connectivity index (χ0v) is 8.05. The van der Waals surface area contributed by atoms with Crippen LogP contribution in [0.1, 0.15) is 0 Å². The van der Waals surface area contributed by atoms with Gasteiger partial charge < -0.3 is 0 Å². The highest BCUT2D eigenvalue weighted by atomic mass is 16.1. The van der Waals surface area contributed by atoms with Crippen molar-refractivity contribution in [3.05, 3.63) is 60.2 Å². The molecule has 0 atom stereocenters. The fourth-order valence-electron chi connectivity index (χ4n) is 1.30. The van der Waals surface area contributed by atoms with E-state index in [2.05, 4.69) is 4.99 Å². The zero-order chi connectivity index (χ0) is 10.5. The molecule has 1 aromatic carbocycles. The maximum absolute atomic E-state index is 10.6. The molecular weight excluding hydrogens is 186 g/mol. The van der Waals surface area contributed by atoms with E-state index >= 15 is 0 Å². The van der Waals surface area contributed by atoms with Crippen molar-refractivity contribution in [1.29, 1.82) is 0 Å². The summed E-state index contributed by atoms with van der Waals surface area (Å²) in [5, 5.41) is 0. The molecule has 0 aromatic heterocycles. The second kappa shape index (κ2) is 4.36. The summed E-state index contributed by atoms with van der Waals surface area (Å²) in [6.07, 6.45) is 7.15. The molecule has 0 fully saturated rings. The molecular formula is C13H9NO. The van der Waals surface area contributed by atoms with E-state index in [0.717, 1.165) is 5.69 Å². The summed E-state index contributed by atoms with van der Waals surface area (Å²) in [5.41, 5.74) is 1.97. The predicted molar refractivity (Wildman–Crippen MR) is 61.0 cm³/mol. The van der Waals surface area contributed by atoms with Crippen molar-refractivity contribution in [1.82, 2.24) is 0 Å². The van der Waals surface area contributed by atoms with E-state index in [1.165, 1.54) is 0 Å². The van der Waals surface area contributed by atoms with Gasteiger partial charge in [-0.25, -0.2) is 9.79 Å². The van der Waals surface area contributed by atoms with Crippen LogP contribution in [0, 0.1) is 0 Å². The van der Waals surface area contributed by atoms with Gasteiger partial charge in [-0.15, -0.1) is 0 Å². The average Bonchev–Trinajstić information content (AvgIpc) is 2.31. The minimum absolute atomic E-state index is 0.487. The number of nitrogens with zero attached hydrogens (tertiary/aromatic N) is 1. The monoisotopic (exact) mass is 195 g/mol. The minimum atomic E-state index is 0.487. The van der Waals surface area contributed by atoms with Crippen molar-refractivity contribution in [3.8, 4) is 0 Å². The van der Waals surface area contributed by atoms with Gasteiger partial charge in [0, 0.05) is 0 Å². The number of hydrogen-bond acceptors (Lipinski definition) is 2. The molecule has 0 heterocycles. The maximum Gasteiger partial charge on any atom is 0.134 e. The fourth-order valence-corrected chi connectivity index (χ4v) is 1.30. The lowest BCUT2D eigenvalue weighted by molar-refractivity contribution is 0.568. The third kappa shape index (κ3) is 2.19. The molecule has 1 aliphatic carbocycles. The third-order valence-electron chi connectivity index (χ3n) is 2.02. The molecule has 2 heteroatoms. The second-order valence-electron chi connectivity index (χ2n) is 3.07. The molecule has 0 unspecified atom stereocenters. The molecule has 72 valence electrons. The summed E-state index contributed by atoms with van der Waals surface area (Å²) in [7, 11) is 0. The fraction of sp³-hybridized carbons (Fsp3) is 0. The third-order valence-corrected chi connectivity index (χ3v) is 2.02. The lowest BCUT2D eigenvalue weighted by Gasteiger charge is -2.02. The standard InChI is InChI=1S/C13H9NO/c15-10-11-6-4-5-9-13(11)14-12-7-2-1-3-8-12/h1-9H. The first kappa shape index (κ1) is 9.38. The van der Waals surface area contributed by atoms with Crippen molar-refractivity contribution in [3.63, 3.8) is 0 Å². The lowest BCUT2D eigenvalue weighted by atomic mass is 10.1. The first-order valence-electron chi connectivity index (χ1n) is 4.64. The number of benzene rings is 1. The van der Waals surface area contributed by atoms with E-state index < -0.39 is 0 Å². The minimum Gasteiger partial charge on any atom is -0.248 e. The molecule has 0 radical (unpaired) electrons. The Balaban J connectivity index is 2.39. The smallest absolute Gasteiger partial charge is 0.134 e. The molecule has 0 saturated heterocycles. The van der Waals surface area contributed by atoms with Gasteiger partial charge in [-0.2, -0.15) is 0 Å². The van der Waals surface area contributed by atoms with Crippen LogP contribution >= 0.6 is 0 Å². The SMILES string of the molecule is O=C=C1C=CC=CC1=Nc1ccccc1. The normalized spacial score (nSPS) is 16.8. The number of rotatable bonds is 1. The van der Waals surface area contributed by atoms with E-state index in [-0.39, 0.29) is 0 Å². The Bertz CT molecular complexity index is 489. The predicted octanol–water partition coefficient (Wildman–Crippen LogP) is 2.64. The summed E-state index contributed by atoms with van der Waals surface area (Å²) in [5.74, 6) is 1.87. The molecule has 2 nitrogen and oxygen atoms in total. The Morgan fingerprint density at radius 3 is 2.47 bits per heavy atom.